The van der Waals surface area contributed by atoms with E-state index in [0.717, 1.165) is 19.3 Å². The molecular weight excluding hydrogens is 308 g/mol. The first-order valence-electron chi connectivity index (χ1n) is 9.29. The van der Waals surface area contributed by atoms with Gasteiger partial charge in [0.25, 0.3) is 0 Å². The van der Waals surface area contributed by atoms with E-state index >= 15 is 0 Å². The maximum Gasteiger partial charge on any atom is 0.312 e. The highest BCUT2D eigenvalue weighted by Gasteiger charge is 2.66. The van der Waals surface area contributed by atoms with E-state index in [0.29, 0.717) is 13.0 Å². The third-order valence-corrected chi connectivity index (χ3v) is 6.11. The summed E-state index contributed by atoms with van der Waals surface area (Å²) in [6, 6.07) is 0. The van der Waals surface area contributed by atoms with Crippen LogP contribution in [0.4, 0.5) is 0 Å². The van der Waals surface area contributed by atoms with Crippen molar-refractivity contribution in [2.75, 3.05) is 6.61 Å². The SMILES string of the molecule is CCOC(=O)[C@@]1(C)C[C@@]1(C)CC[C@@H](C)O[C@@H]1O[C@@H](C)[C@H](O)C[C@H]1C. The molecule has 1 saturated heterocycles. The Morgan fingerprint density at radius 1 is 1.38 bits per heavy atom. The third-order valence-electron chi connectivity index (χ3n) is 6.11. The number of carbonyl (C=O) groups is 1. The Hall–Kier alpha value is -0.650. The lowest BCUT2D eigenvalue weighted by Crippen LogP contribution is -2.44. The summed E-state index contributed by atoms with van der Waals surface area (Å²) in [5.74, 6) is 0.105. The summed E-state index contributed by atoms with van der Waals surface area (Å²) < 4.78 is 17.1. The fourth-order valence-electron chi connectivity index (χ4n) is 3.81. The Morgan fingerprint density at radius 3 is 2.67 bits per heavy atom. The van der Waals surface area contributed by atoms with E-state index in [1.165, 1.54) is 0 Å². The van der Waals surface area contributed by atoms with Crippen molar-refractivity contribution in [1.29, 1.82) is 0 Å². The van der Waals surface area contributed by atoms with E-state index in [-0.39, 0.29) is 41.2 Å². The minimum Gasteiger partial charge on any atom is -0.466 e. The largest absolute Gasteiger partial charge is 0.466 e. The van der Waals surface area contributed by atoms with Crippen LogP contribution in [0.1, 0.15) is 67.2 Å². The van der Waals surface area contributed by atoms with Gasteiger partial charge in [0, 0.05) is 5.92 Å². The average Bonchev–Trinajstić information content (AvgIpc) is 3.07. The van der Waals surface area contributed by atoms with Gasteiger partial charge in [0.2, 0.25) is 0 Å². The molecule has 0 unspecified atom stereocenters. The van der Waals surface area contributed by atoms with Gasteiger partial charge in [-0.05, 0) is 58.8 Å². The third kappa shape index (κ3) is 3.94. The number of ether oxygens (including phenoxy) is 3. The standard InChI is InChI=1S/C19H34O5/c1-7-22-17(21)19(6)11-18(19,5)9-8-13(3)23-16-12(2)10-15(20)14(4)24-16/h12-16,20H,7-11H2,1-6H3/t12-,13-,14+,15-,16-,18-,19-/m1/s1. The van der Waals surface area contributed by atoms with Gasteiger partial charge >= 0.3 is 5.97 Å². The lowest BCUT2D eigenvalue weighted by Gasteiger charge is -2.37. The first-order valence-corrected chi connectivity index (χ1v) is 9.29. The van der Waals surface area contributed by atoms with Crippen molar-refractivity contribution in [2.45, 2.75) is 91.8 Å². The highest BCUT2D eigenvalue weighted by atomic mass is 16.7. The van der Waals surface area contributed by atoms with Crippen LogP contribution in [0.5, 0.6) is 0 Å². The zero-order chi connectivity index (χ0) is 18.1. The van der Waals surface area contributed by atoms with E-state index in [4.69, 9.17) is 14.2 Å². The monoisotopic (exact) mass is 342 g/mol. The first-order chi connectivity index (χ1) is 11.1. The van der Waals surface area contributed by atoms with Gasteiger partial charge < -0.3 is 19.3 Å². The molecule has 0 bridgehead atoms. The normalized spacial score (nSPS) is 43.3. The molecule has 2 fully saturated rings. The number of aliphatic hydroxyl groups is 1. The Kier molecular flexibility index (Phi) is 5.99. The summed E-state index contributed by atoms with van der Waals surface area (Å²) in [6.07, 6.45) is 2.60. The van der Waals surface area contributed by atoms with E-state index in [1.54, 1.807) is 0 Å². The number of carbonyl (C=O) groups excluding carboxylic acids is 1. The van der Waals surface area contributed by atoms with Crippen molar-refractivity contribution in [3.05, 3.63) is 0 Å². The van der Waals surface area contributed by atoms with Crippen LogP contribution in [0.2, 0.25) is 0 Å². The molecule has 2 rings (SSSR count). The Labute approximate surface area is 146 Å². The molecule has 0 aromatic rings. The molecule has 0 aromatic carbocycles. The maximum absolute atomic E-state index is 12.1. The maximum atomic E-state index is 12.1. The molecule has 0 aromatic heterocycles. The van der Waals surface area contributed by atoms with E-state index < -0.39 is 6.10 Å². The summed E-state index contributed by atoms with van der Waals surface area (Å²) in [5, 5.41) is 9.85. The molecule has 2 aliphatic rings. The second kappa shape index (κ2) is 7.30. The van der Waals surface area contributed by atoms with Gasteiger partial charge in [0.05, 0.1) is 30.3 Å². The molecule has 5 nitrogen and oxygen atoms in total. The van der Waals surface area contributed by atoms with E-state index in [2.05, 4.69) is 13.8 Å². The van der Waals surface area contributed by atoms with Gasteiger partial charge in [-0.3, -0.25) is 4.79 Å². The highest BCUT2D eigenvalue weighted by molar-refractivity contribution is 5.81. The molecule has 7 atom stereocenters. The van der Waals surface area contributed by atoms with Gasteiger partial charge in [0.1, 0.15) is 0 Å². The minimum absolute atomic E-state index is 0.000598. The van der Waals surface area contributed by atoms with Crippen LogP contribution in [0.3, 0.4) is 0 Å². The van der Waals surface area contributed by atoms with Gasteiger partial charge in [-0.1, -0.05) is 13.8 Å². The second-order valence-electron chi connectivity index (χ2n) is 8.27. The van der Waals surface area contributed by atoms with Gasteiger partial charge in [-0.2, -0.15) is 0 Å². The van der Waals surface area contributed by atoms with Gasteiger partial charge in [0.15, 0.2) is 6.29 Å². The molecular formula is C19H34O5. The summed E-state index contributed by atoms with van der Waals surface area (Å²) in [7, 11) is 0. The zero-order valence-corrected chi connectivity index (χ0v) is 16.0. The molecule has 24 heavy (non-hydrogen) atoms. The number of hydrogen-bond acceptors (Lipinski definition) is 5. The number of esters is 1. The molecule has 1 saturated carbocycles. The van der Waals surface area contributed by atoms with Crippen molar-refractivity contribution in [3.63, 3.8) is 0 Å². The van der Waals surface area contributed by atoms with Crippen LogP contribution in [0.25, 0.3) is 0 Å². The molecule has 5 heteroatoms. The molecule has 1 N–H and O–H groups in total. The van der Waals surface area contributed by atoms with Crippen LogP contribution in [0, 0.1) is 16.7 Å². The fraction of sp³-hybridized carbons (Fsp3) is 0.947. The number of aliphatic hydroxyl groups excluding tert-OH is 1. The first kappa shape index (κ1) is 19.7. The highest BCUT2D eigenvalue weighted by Crippen LogP contribution is 2.66. The van der Waals surface area contributed by atoms with Crippen molar-refractivity contribution >= 4 is 5.97 Å². The summed E-state index contributed by atoms with van der Waals surface area (Å²) >= 11 is 0. The predicted molar refractivity (Wildman–Crippen MR) is 91.4 cm³/mol. The molecule has 1 heterocycles. The van der Waals surface area contributed by atoms with Crippen LogP contribution >= 0.6 is 0 Å². The molecule has 0 radical (unpaired) electrons. The lowest BCUT2D eigenvalue weighted by atomic mass is 9.90. The Morgan fingerprint density at radius 2 is 2.04 bits per heavy atom. The van der Waals surface area contributed by atoms with Crippen LogP contribution in [-0.2, 0) is 19.0 Å². The van der Waals surface area contributed by atoms with Gasteiger partial charge in [-0.15, -0.1) is 0 Å². The van der Waals surface area contributed by atoms with Crippen LogP contribution < -0.4 is 0 Å². The summed E-state index contributed by atoms with van der Waals surface area (Å²) in [5.41, 5.74) is -0.352. The van der Waals surface area contributed by atoms with Gasteiger partial charge in [-0.25, -0.2) is 0 Å². The minimum atomic E-state index is -0.411. The van der Waals surface area contributed by atoms with Crippen molar-refractivity contribution < 1.29 is 24.1 Å². The van der Waals surface area contributed by atoms with E-state index in [9.17, 15) is 9.90 Å². The Bertz CT molecular complexity index is 453. The molecule has 1 aliphatic carbocycles. The molecule has 140 valence electrons. The Balaban J connectivity index is 1.80. The lowest BCUT2D eigenvalue weighted by molar-refractivity contribution is -0.255. The summed E-state index contributed by atoms with van der Waals surface area (Å²) in [6.45, 7) is 12.4. The average molecular weight is 342 g/mol. The number of rotatable bonds is 7. The zero-order valence-electron chi connectivity index (χ0n) is 16.0. The quantitative estimate of drug-likeness (QED) is 0.719. The molecule has 0 spiro atoms. The van der Waals surface area contributed by atoms with Crippen molar-refractivity contribution in [1.82, 2.24) is 0 Å². The summed E-state index contributed by atoms with van der Waals surface area (Å²) in [4.78, 5) is 12.1. The topological polar surface area (TPSA) is 65.0 Å². The van der Waals surface area contributed by atoms with Crippen LogP contribution in [0.15, 0.2) is 0 Å². The molecule has 0 amide bonds. The smallest absolute Gasteiger partial charge is 0.312 e. The van der Waals surface area contributed by atoms with Crippen molar-refractivity contribution in [3.8, 4) is 0 Å². The predicted octanol–water partition coefficient (Wildman–Crippen LogP) is 3.28. The van der Waals surface area contributed by atoms with Crippen LogP contribution in [-0.4, -0.2) is 42.3 Å². The molecule has 1 aliphatic heterocycles. The van der Waals surface area contributed by atoms with Crippen molar-refractivity contribution in [2.24, 2.45) is 16.7 Å². The van der Waals surface area contributed by atoms with E-state index in [1.807, 2.05) is 27.7 Å². The number of hydrogen-bond donors (Lipinski definition) is 1. The second-order valence-corrected chi connectivity index (χ2v) is 8.27. The fourth-order valence-corrected chi connectivity index (χ4v) is 3.81.